The molecule has 0 aromatic carbocycles. The molecule has 1 heterocycles. The number of rotatable bonds is 0. The standard InChI is InChI=1S/C12H18O/c1-9-5-4-6-10-7-12(2,3)13-8-11(9)10/h6H,4-5,7-8H2,1-3H3. The first kappa shape index (κ1) is 9.01. The molecule has 1 aliphatic carbocycles. The molecule has 13 heavy (non-hydrogen) atoms. The number of ether oxygens (including phenoxy) is 1. The van der Waals surface area contributed by atoms with Crippen LogP contribution < -0.4 is 0 Å². The van der Waals surface area contributed by atoms with Crippen LogP contribution in [-0.4, -0.2) is 12.2 Å². The summed E-state index contributed by atoms with van der Waals surface area (Å²) in [5.41, 5.74) is 4.60. The zero-order chi connectivity index (χ0) is 9.47. The molecule has 72 valence electrons. The molecular weight excluding hydrogens is 160 g/mol. The molecule has 1 aliphatic heterocycles. The van der Waals surface area contributed by atoms with Gasteiger partial charge in [-0.15, -0.1) is 0 Å². The second-order valence-corrected chi connectivity index (χ2v) is 4.75. The molecule has 1 fully saturated rings. The Hall–Kier alpha value is -0.560. The Labute approximate surface area is 80.5 Å². The van der Waals surface area contributed by atoms with E-state index in [-0.39, 0.29) is 5.60 Å². The maximum Gasteiger partial charge on any atom is 0.0726 e. The van der Waals surface area contributed by atoms with Crippen molar-refractivity contribution in [2.24, 2.45) is 0 Å². The summed E-state index contributed by atoms with van der Waals surface area (Å²) >= 11 is 0. The van der Waals surface area contributed by atoms with Gasteiger partial charge in [0.15, 0.2) is 0 Å². The van der Waals surface area contributed by atoms with E-state index >= 15 is 0 Å². The molecule has 0 radical (unpaired) electrons. The van der Waals surface area contributed by atoms with Crippen molar-refractivity contribution in [1.82, 2.24) is 0 Å². The molecular formula is C12H18O. The zero-order valence-electron chi connectivity index (χ0n) is 8.81. The minimum atomic E-state index is 0.0486. The second kappa shape index (κ2) is 2.98. The van der Waals surface area contributed by atoms with Gasteiger partial charge in [-0.05, 0) is 44.8 Å². The Kier molecular flexibility index (Phi) is 2.07. The van der Waals surface area contributed by atoms with Gasteiger partial charge in [0.05, 0.1) is 12.2 Å². The average Bonchev–Trinajstić information content (AvgIpc) is 2.02. The highest BCUT2D eigenvalue weighted by molar-refractivity contribution is 5.40. The van der Waals surface area contributed by atoms with E-state index in [0.717, 1.165) is 13.0 Å². The Morgan fingerprint density at radius 1 is 1.38 bits per heavy atom. The van der Waals surface area contributed by atoms with Gasteiger partial charge in [0, 0.05) is 6.42 Å². The highest BCUT2D eigenvalue weighted by Gasteiger charge is 2.29. The van der Waals surface area contributed by atoms with Crippen molar-refractivity contribution in [1.29, 1.82) is 0 Å². The number of hydrogen-bond donors (Lipinski definition) is 0. The van der Waals surface area contributed by atoms with Crippen LogP contribution in [0.5, 0.6) is 0 Å². The molecule has 1 saturated heterocycles. The van der Waals surface area contributed by atoms with Gasteiger partial charge in [-0.3, -0.25) is 0 Å². The third-order valence-corrected chi connectivity index (χ3v) is 3.04. The van der Waals surface area contributed by atoms with Gasteiger partial charge < -0.3 is 4.74 Å². The number of allylic oxidation sites excluding steroid dienone is 2. The SMILES string of the molecule is CC1=C2COC(C)(C)CC2=CCC1. The molecule has 0 aromatic rings. The Balaban J connectivity index is 2.27. The first-order valence-electron chi connectivity index (χ1n) is 5.10. The molecule has 0 spiro atoms. The van der Waals surface area contributed by atoms with Gasteiger partial charge >= 0.3 is 0 Å². The van der Waals surface area contributed by atoms with Crippen molar-refractivity contribution in [3.63, 3.8) is 0 Å². The van der Waals surface area contributed by atoms with Crippen LogP contribution in [0.15, 0.2) is 22.8 Å². The summed E-state index contributed by atoms with van der Waals surface area (Å²) in [6, 6.07) is 0. The minimum Gasteiger partial charge on any atom is -0.371 e. The smallest absolute Gasteiger partial charge is 0.0726 e. The molecule has 0 N–H and O–H groups in total. The van der Waals surface area contributed by atoms with Crippen LogP contribution in [0, 0.1) is 0 Å². The lowest BCUT2D eigenvalue weighted by atomic mass is 9.83. The molecule has 2 aliphatic rings. The van der Waals surface area contributed by atoms with Crippen LogP contribution in [0.4, 0.5) is 0 Å². The fourth-order valence-corrected chi connectivity index (χ4v) is 2.18. The first-order valence-corrected chi connectivity index (χ1v) is 5.10. The van der Waals surface area contributed by atoms with Gasteiger partial charge in [0.25, 0.3) is 0 Å². The normalized spacial score (nSPS) is 26.8. The predicted octanol–water partition coefficient (Wildman–Crippen LogP) is 3.22. The third kappa shape index (κ3) is 1.71. The molecule has 0 aromatic heterocycles. The van der Waals surface area contributed by atoms with Gasteiger partial charge in [-0.25, -0.2) is 0 Å². The second-order valence-electron chi connectivity index (χ2n) is 4.75. The quantitative estimate of drug-likeness (QED) is 0.553. The van der Waals surface area contributed by atoms with Crippen LogP contribution in [0.1, 0.15) is 40.0 Å². The van der Waals surface area contributed by atoms with Crippen LogP contribution >= 0.6 is 0 Å². The summed E-state index contributed by atoms with van der Waals surface area (Å²) in [5.74, 6) is 0. The fourth-order valence-electron chi connectivity index (χ4n) is 2.18. The van der Waals surface area contributed by atoms with E-state index in [2.05, 4.69) is 26.8 Å². The van der Waals surface area contributed by atoms with Gasteiger partial charge in [0.2, 0.25) is 0 Å². The molecule has 0 amide bonds. The maximum atomic E-state index is 5.81. The molecule has 0 saturated carbocycles. The van der Waals surface area contributed by atoms with E-state index in [1.54, 1.807) is 5.57 Å². The summed E-state index contributed by atoms with van der Waals surface area (Å²) in [5, 5.41) is 0. The predicted molar refractivity (Wildman–Crippen MR) is 54.7 cm³/mol. The van der Waals surface area contributed by atoms with Gasteiger partial charge in [-0.1, -0.05) is 11.6 Å². The van der Waals surface area contributed by atoms with Crippen LogP contribution in [-0.2, 0) is 4.74 Å². The highest BCUT2D eigenvalue weighted by Crippen LogP contribution is 2.36. The van der Waals surface area contributed by atoms with Crippen molar-refractivity contribution in [2.75, 3.05) is 6.61 Å². The monoisotopic (exact) mass is 178 g/mol. The van der Waals surface area contributed by atoms with Crippen molar-refractivity contribution in [2.45, 2.75) is 45.6 Å². The lowest BCUT2D eigenvalue weighted by Gasteiger charge is -2.36. The van der Waals surface area contributed by atoms with Gasteiger partial charge in [0.1, 0.15) is 0 Å². The van der Waals surface area contributed by atoms with E-state index in [1.165, 1.54) is 24.0 Å². The summed E-state index contributed by atoms with van der Waals surface area (Å²) in [7, 11) is 0. The minimum absolute atomic E-state index is 0.0486. The van der Waals surface area contributed by atoms with Gasteiger partial charge in [-0.2, -0.15) is 0 Å². The van der Waals surface area contributed by atoms with E-state index in [9.17, 15) is 0 Å². The Morgan fingerprint density at radius 2 is 2.15 bits per heavy atom. The zero-order valence-corrected chi connectivity index (χ0v) is 8.81. The lowest BCUT2D eigenvalue weighted by Crippen LogP contribution is -2.32. The largest absolute Gasteiger partial charge is 0.371 e. The first-order chi connectivity index (χ1) is 6.08. The van der Waals surface area contributed by atoms with Crippen molar-refractivity contribution >= 4 is 0 Å². The molecule has 0 bridgehead atoms. The topological polar surface area (TPSA) is 9.23 Å². The van der Waals surface area contributed by atoms with Crippen molar-refractivity contribution in [3.05, 3.63) is 22.8 Å². The molecule has 1 nitrogen and oxygen atoms in total. The fraction of sp³-hybridized carbons (Fsp3) is 0.667. The molecule has 0 atom stereocenters. The van der Waals surface area contributed by atoms with E-state index in [0.29, 0.717) is 0 Å². The maximum absolute atomic E-state index is 5.81. The molecule has 2 rings (SSSR count). The lowest BCUT2D eigenvalue weighted by molar-refractivity contribution is -0.0164. The summed E-state index contributed by atoms with van der Waals surface area (Å²) < 4.78 is 5.81. The van der Waals surface area contributed by atoms with Crippen molar-refractivity contribution < 1.29 is 4.74 Å². The Bertz CT molecular complexity index is 281. The number of hydrogen-bond acceptors (Lipinski definition) is 1. The third-order valence-electron chi connectivity index (χ3n) is 3.04. The van der Waals surface area contributed by atoms with Crippen LogP contribution in [0.3, 0.4) is 0 Å². The molecule has 0 unspecified atom stereocenters. The van der Waals surface area contributed by atoms with Crippen LogP contribution in [0.25, 0.3) is 0 Å². The highest BCUT2D eigenvalue weighted by atomic mass is 16.5. The average molecular weight is 178 g/mol. The summed E-state index contributed by atoms with van der Waals surface area (Å²) in [6.45, 7) is 7.41. The molecule has 1 heteroatoms. The van der Waals surface area contributed by atoms with E-state index in [1.807, 2.05) is 0 Å². The van der Waals surface area contributed by atoms with Crippen molar-refractivity contribution in [3.8, 4) is 0 Å². The summed E-state index contributed by atoms with van der Waals surface area (Å²) in [6.07, 6.45) is 5.93. The van der Waals surface area contributed by atoms with E-state index in [4.69, 9.17) is 4.74 Å². The van der Waals surface area contributed by atoms with Crippen LogP contribution in [0.2, 0.25) is 0 Å². The number of fused-ring (bicyclic) bond motifs is 1. The Morgan fingerprint density at radius 3 is 2.92 bits per heavy atom. The van der Waals surface area contributed by atoms with E-state index < -0.39 is 0 Å². The summed E-state index contributed by atoms with van der Waals surface area (Å²) in [4.78, 5) is 0.